The van der Waals surface area contributed by atoms with Crippen molar-refractivity contribution >= 4 is 11.9 Å². The summed E-state index contributed by atoms with van der Waals surface area (Å²) in [6.07, 6.45) is 3.16. The van der Waals surface area contributed by atoms with Crippen molar-refractivity contribution in [2.45, 2.75) is 58.7 Å². The predicted octanol–water partition coefficient (Wildman–Crippen LogP) is 3.98. The number of aryl methyl sites for hydroxylation is 1. The Bertz CT molecular complexity index is 885. The predicted molar refractivity (Wildman–Crippen MR) is 108 cm³/mol. The number of carboxylic acids is 1. The minimum Gasteiger partial charge on any atom is -0.490 e. The van der Waals surface area contributed by atoms with Gasteiger partial charge in [-0.15, -0.1) is 0 Å². The number of aromatic carboxylic acids is 1. The molecule has 0 saturated heterocycles. The molecule has 1 heterocycles. The lowest BCUT2D eigenvalue weighted by Gasteiger charge is -2.29. The number of carboxylic acid groups (broad SMARTS) is 1. The maximum Gasteiger partial charge on any atom is 0.339 e. The molecule has 2 aromatic rings. The molecule has 0 radical (unpaired) electrons. The van der Waals surface area contributed by atoms with E-state index in [1.54, 1.807) is 18.7 Å². The van der Waals surface area contributed by atoms with Crippen LogP contribution in [0.2, 0.25) is 0 Å². The zero-order chi connectivity index (χ0) is 21.1. The minimum absolute atomic E-state index is 0.0361. The summed E-state index contributed by atoms with van der Waals surface area (Å²) >= 11 is 0. The van der Waals surface area contributed by atoms with Gasteiger partial charge in [-0.1, -0.05) is 0 Å². The summed E-state index contributed by atoms with van der Waals surface area (Å²) in [7, 11) is 1.73. The average molecular weight is 400 g/mol. The van der Waals surface area contributed by atoms with E-state index in [0.29, 0.717) is 23.6 Å². The summed E-state index contributed by atoms with van der Waals surface area (Å²) in [5, 5.41) is 13.8. The molecule has 156 valence electrons. The van der Waals surface area contributed by atoms with Gasteiger partial charge in [-0.2, -0.15) is 5.10 Å². The van der Waals surface area contributed by atoms with Gasteiger partial charge < -0.3 is 14.6 Å². The molecule has 0 bridgehead atoms. The summed E-state index contributed by atoms with van der Waals surface area (Å²) in [6.45, 7) is 5.45. The molecule has 0 aliphatic heterocycles. The van der Waals surface area contributed by atoms with Crippen molar-refractivity contribution in [2.24, 2.45) is 13.0 Å². The lowest BCUT2D eigenvalue weighted by atomic mass is 9.87. The van der Waals surface area contributed by atoms with E-state index in [1.807, 2.05) is 38.1 Å². The number of hydrogen-bond acceptors (Lipinski definition) is 5. The van der Waals surface area contributed by atoms with Crippen molar-refractivity contribution in [3.05, 3.63) is 35.5 Å². The topological polar surface area (TPSA) is 90.7 Å². The van der Waals surface area contributed by atoms with Crippen LogP contribution in [0.5, 0.6) is 5.75 Å². The number of aromatic nitrogens is 2. The highest BCUT2D eigenvalue weighted by atomic mass is 16.5. The first-order chi connectivity index (χ1) is 13.8. The number of benzene rings is 1. The van der Waals surface area contributed by atoms with Crippen LogP contribution in [0.3, 0.4) is 0 Å². The fourth-order valence-electron chi connectivity index (χ4n) is 3.74. The second-order valence-electron chi connectivity index (χ2n) is 7.85. The molecule has 1 unspecified atom stereocenters. The first kappa shape index (κ1) is 20.9. The Kier molecular flexibility index (Phi) is 6.25. The molecule has 2 atom stereocenters. The number of rotatable bonds is 6. The molecular formula is C22H28N2O5. The fourth-order valence-corrected chi connectivity index (χ4v) is 3.74. The van der Waals surface area contributed by atoms with Gasteiger partial charge in [-0.05, 0) is 70.7 Å². The molecular weight excluding hydrogens is 372 g/mol. The van der Waals surface area contributed by atoms with Crippen molar-refractivity contribution in [3.63, 3.8) is 0 Å². The minimum atomic E-state index is -0.993. The molecule has 1 fully saturated rings. The third-order valence-corrected chi connectivity index (χ3v) is 5.29. The maximum absolute atomic E-state index is 12.2. The van der Waals surface area contributed by atoms with Gasteiger partial charge >= 0.3 is 11.9 Å². The normalized spacial score (nSPS) is 19.2. The molecule has 0 amide bonds. The van der Waals surface area contributed by atoms with Gasteiger partial charge in [0, 0.05) is 12.6 Å². The lowest BCUT2D eigenvalue weighted by Crippen LogP contribution is -2.31. The van der Waals surface area contributed by atoms with Gasteiger partial charge in [0.1, 0.15) is 17.0 Å². The molecule has 1 aliphatic carbocycles. The van der Waals surface area contributed by atoms with E-state index < -0.39 is 5.97 Å². The van der Waals surface area contributed by atoms with Crippen LogP contribution in [0, 0.1) is 12.8 Å². The summed E-state index contributed by atoms with van der Waals surface area (Å²) in [5.74, 6) is -0.561. The smallest absolute Gasteiger partial charge is 0.339 e. The van der Waals surface area contributed by atoms with Gasteiger partial charge in [0.25, 0.3) is 0 Å². The third kappa shape index (κ3) is 4.78. The number of hydrogen-bond donors (Lipinski definition) is 1. The molecule has 1 aliphatic rings. The van der Waals surface area contributed by atoms with Gasteiger partial charge in [0.15, 0.2) is 0 Å². The Morgan fingerprint density at radius 2 is 1.90 bits per heavy atom. The molecule has 3 rings (SSSR count). The average Bonchev–Trinajstić information content (AvgIpc) is 2.97. The second kappa shape index (κ2) is 8.68. The molecule has 7 heteroatoms. The van der Waals surface area contributed by atoms with Crippen LogP contribution in [-0.2, 0) is 16.6 Å². The van der Waals surface area contributed by atoms with Crippen LogP contribution in [0.15, 0.2) is 24.3 Å². The first-order valence-electron chi connectivity index (χ1n) is 10.0. The summed E-state index contributed by atoms with van der Waals surface area (Å²) in [4.78, 5) is 23.8. The van der Waals surface area contributed by atoms with Gasteiger partial charge in [-0.3, -0.25) is 9.48 Å². The molecule has 1 saturated carbocycles. The van der Waals surface area contributed by atoms with Crippen molar-refractivity contribution in [1.29, 1.82) is 0 Å². The quantitative estimate of drug-likeness (QED) is 0.738. The highest BCUT2D eigenvalue weighted by Crippen LogP contribution is 2.31. The van der Waals surface area contributed by atoms with Crippen molar-refractivity contribution in [3.8, 4) is 17.0 Å². The Hall–Kier alpha value is -2.83. The molecule has 1 aromatic heterocycles. The first-order valence-corrected chi connectivity index (χ1v) is 10.0. The van der Waals surface area contributed by atoms with E-state index >= 15 is 0 Å². The highest BCUT2D eigenvalue weighted by molar-refractivity contribution is 5.96. The number of ether oxygens (including phenoxy) is 2. The zero-order valence-corrected chi connectivity index (χ0v) is 17.3. The largest absolute Gasteiger partial charge is 0.490 e. The Balaban J connectivity index is 1.69. The Labute approximate surface area is 170 Å². The van der Waals surface area contributed by atoms with E-state index in [0.717, 1.165) is 24.8 Å². The Morgan fingerprint density at radius 1 is 1.21 bits per heavy atom. The third-order valence-electron chi connectivity index (χ3n) is 5.29. The summed E-state index contributed by atoms with van der Waals surface area (Å²) in [6, 6.07) is 7.27. The number of carbonyl (C=O) groups excluding carboxylic acids is 1. The van der Waals surface area contributed by atoms with E-state index in [9.17, 15) is 14.7 Å². The van der Waals surface area contributed by atoms with E-state index in [-0.39, 0.29) is 29.7 Å². The SMILES string of the molecule is Cc1c(C(=O)O)c(-c2ccc(O[C@H]3CCCC(C(=O)OC(C)C)C3)cc2)nn1C. The molecule has 29 heavy (non-hydrogen) atoms. The highest BCUT2D eigenvalue weighted by Gasteiger charge is 2.30. The van der Waals surface area contributed by atoms with E-state index in [2.05, 4.69) is 5.10 Å². The summed E-state index contributed by atoms with van der Waals surface area (Å²) < 4.78 is 13.0. The van der Waals surface area contributed by atoms with E-state index in [1.165, 1.54) is 0 Å². The number of nitrogens with zero attached hydrogens (tertiary/aromatic N) is 2. The fraction of sp³-hybridized carbons (Fsp3) is 0.500. The molecule has 0 spiro atoms. The van der Waals surface area contributed by atoms with Crippen LogP contribution < -0.4 is 4.74 Å². The van der Waals surface area contributed by atoms with Crippen LogP contribution in [0.25, 0.3) is 11.3 Å². The zero-order valence-electron chi connectivity index (χ0n) is 17.3. The monoisotopic (exact) mass is 400 g/mol. The van der Waals surface area contributed by atoms with Crippen LogP contribution in [0.4, 0.5) is 0 Å². The molecule has 7 nitrogen and oxygen atoms in total. The second-order valence-corrected chi connectivity index (χ2v) is 7.85. The molecule has 1 aromatic carbocycles. The van der Waals surface area contributed by atoms with Gasteiger partial charge in [0.05, 0.1) is 23.8 Å². The number of esters is 1. The van der Waals surface area contributed by atoms with E-state index in [4.69, 9.17) is 9.47 Å². The van der Waals surface area contributed by atoms with Crippen molar-refractivity contribution in [2.75, 3.05) is 0 Å². The summed E-state index contributed by atoms with van der Waals surface area (Å²) in [5.41, 5.74) is 1.98. The van der Waals surface area contributed by atoms with Gasteiger partial charge in [-0.25, -0.2) is 4.79 Å². The molecule has 1 N–H and O–H groups in total. The maximum atomic E-state index is 12.2. The van der Waals surface area contributed by atoms with Crippen LogP contribution in [-0.4, -0.2) is 39.0 Å². The lowest BCUT2D eigenvalue weighted by molar-refractivity contribution is -0.154. The Morgan fingerprint density at radius 3 is 2.52 bits per heavy atom. The number of carbonyl (C=O) groups is 2. The van der Waals surface area contributed by atoms with Crippen molar-refractivity contribution in [1.82, 2.24) is 9.78 Å². The standard InChI is InChI=1S/C22H28N2O5/c1-13(2)28-22(27)16-6-5-7-18(12-16)29-17-10-8-15(9-11-17)20-19(21(25)26)14(3)24(4)23-20/h8-11,13,16,18H,5-7,12H2,1-4H3,(H,25,26)/t16?,18-/m0/s1. The van der Waals surface area contributed by atoms with Crippen LogP contribution >= 0.6 is 0 Å². The van der Waals surface area contributed by atoms with Crippen molar-refractivity contribution < 1.29 is 24.2 Å². The van der Waals surface area contributed by atoms with Crippen LogP contribution in [0.1, 0.15) is 55.6 Å². The van der Waals surface area contributed by atoms with Gasteiger partial charge in [0.2, 0.25) is 0 Å².